The van der Waals surface area contributed by atoms with E-state index in [1.165, 1.54) is 12.1 Å². The van der Waals surface area contributed by atoms with Gasteiger partial charge >= 0.3 is 5.97 Å². The lowest BCUT2D eigenvalue weighted by Crippen LogP contribution is -2.23. The summed E-state index contributed by atoms with van der Waals surface area (Å²) in [5, 5.41) is 19.9. The van der Waals surface area contributed by atoms with E-state index >= 15 is 0 Å². The maximum Gasteiger partial charge on any atom is 0.332 e. The summed E-state index contributed by atoms with van der Waals surface area (Å²) in [4.78, 5) is 12.1. The van der Waals surface area contributed by atoms with Gasteiger partial charge < -0.3 is 10.1 Å². The standard InChI is InChI=1S/C17H10ClF2N3O2/c1-25-17(24)15(9-5-3-2-4-6-9)23-16-11(8-22)13(19)10(7-21)14(20)12(16)18/h2-6,15,23H,1H3/t15-/m1/s1. The molecule has 0 saturated carbocycles. The van der Waals surface area contributed by atoms with Crippen LogP contribution in [0.15, 0.2) is 30.3 Å². The summed E-state index contributed by atoms with van der Waals surface area (Å²) in [7, 11) is 1.15. The Morgan fingerprint density at radius 2 is 1.76 bits per heavy atom. The van der Waals surface area contributed by atoms with Crippen LogP contribution in [0.4, 0.5) is 14.5 Å². The van der Waals surface area contributed by atoms with Gasteiger partial charge in [-0.05, 0) is 5.56 Å². The third-order valence-electron chi connectivity index (χ3n) is 3.40. The van der Waals surface area contributed by atoms with Crippen molar-refractivity contribution in [2.24, 2.45) is 0 Å². The van der Waals surface area contributed by atoms with Crippen LogP contribution in [-0.4, -0.2) is 13.1 Å². The molecule has 0 heterocycles. The topological polar surface area (TPSA) is 85.9 Å². The highest BCUT2D eigenvalue weighted by atomic mass is 35.5. The zero-order valence-electron chi connectivity index (χ0n) is 12.8. The molecule has 126 valence electrons. The van der Waals surface area contributed by atoms with Crippen LogP contribution in [0.5, 0.6) is 0 Å². The number of anilines is 1. The highest BCUT2D eigenvalue weighted by Gasteiger charge is 2.28. The molecule has 0 amide bonds. The summed E-state index contributed by atoms with van der Waals surface area (Å²) in [5.41, 5.74) is -1.65. The van der Waals surface area contributed by atoms with E-state index in [4.69, 9.17) is 21.6 Å². The number of hydrogen-bond acceptors (Lipinski definition) is 5. The molecule has 2 rings (SSSR count). The molecule has 1 N–H and O–H groups in total. The van der Waals surface area contributed by atoms with Gasteiger partial charge in [-0.25, -0.2) is 13.6 Å². The van der Waals surface area contributed by atoms with Crippen LogP contribution < -0.4 is 5.32 Å². The number of ether oxygens (including phenoxy) is 1. The Hall–Kier alpha value is -3.16. The Bertz CT molecular complexity index is 905. The van der Waals surface area contributed by atoms with E-state index in [-0.39, 0.29) is 0 Å². The Labute approximate surface area is 147 Å². The molecular weight excluding hydrogens is 352 g/mol. The molecule has 0 bridgehead atoms. The van der Waals surface area contributed by atoms with Crippen molar-refractivity contribution in [1.82, 2.24) is 0 Å². The highest BCUT2D eigenvalue weighted by Crippen LogP contribution is 2.36. The zero-order valence-corrected chi connectivity index (χ0v) is 13.6. The molecule has 25 heavy (non-hydrogen) atoms. The monoisotopic (exact) mass is 361 g/mol. The first-order chi connectivity index (χ1) is 12.0. The van der Waals surface area contributed by atoms with Crippen molar-refractivity contribution in [3.63, 3.8) is 0 Å². The van der Waals surface area contributed by atoms with Crippen molar-refractivity contribution in [3.8, 4) is 12.1 Å². The highest BCUT2D eigenvalue weighted by molar-refractivity contribution is 6.33. The fourth-order valence-electron chi connectivity index (χ4n) is 2.19. The van der Waals surface area contributed by atoms with Crippen LogP contribution in [0.25, 0.3) is 0 Å². The largest absolute Gasteiger partial charge is 0.467 e. The van der Waals surface area contributed by atoms with Crippen LogP contribution in [0.2, 0.25) is 5.02 Å². The molecule has 0 aliphatic rings. The molecule has 0 aromatic heterocycles. The Morgan fingerprint density at radius 1 is 1.16 bits per heavy atom. The van der Waals surface area contributed by atoms with Gasteiger partial charge in [0, 0.05) is 0 Å². The SMILES string of the molecule is COC(=O)[C@H](Nc1c(Cl)c(F)c(C#N)c(F)c1C#N)c1ccccc1. The molecule has 0 spiro atoms. The van der Waals surface area contributed by atoms with Gasteiger partial charge in [0.2, 0.25) is 0 Å². The number of nitrogens with zero attached hydrogens (tertiary/aromatic N) is 2. The van der Waals surface area contributed by atoms with E-state index in [0.717, 1.165) is 7.11 Å². The van der Waals surface area contributed by atoms with Crippen LogP contribution in [0, 0.1) is 34.3 Å². The summed E-state index contributed by atoms with van der Waals surface area (Å²) < 4.78 is 33.0. The predicted octanol–water partition coefficient (Wildman–Crippen LogP) is 3.69. The van der Waals surface area contributed by atoms with Crippen LogP contribution in [0.1, 0.15) is 22.7 Å². The molecule has 0 aliphatic heterocycles. The first kappa shape index (κ1) is 18.2. The first-order valence-corrected chi connectivity index (χ1v) is 7.24. The fourth-order valence-corrected chi connectivity index (χ4v) is 2.43. The molecule has 1 atom stereocenters. The summed E-state index contributed by atoms with van der Waals surface area (Å²) in [6.07, 6.45) is 0. The fraction of sp³-hybridized carbons (Fsp3) is 0.118. The normalized spacial score (nSPS) is 11.1. The van der Waals surface area contributed by atoms with Crippen molar-refractivity contribution in [1.29, 1.82) is 10.5 Å². The molecule has 0 radical (unpaired) electrons. The molecule has 2 aromatic carbocycles. The van der Waals surface area contributed by atoms with Crippen molar-refractivity contribution >= 4 is 23.3 Å². The first-order valence-electron chi connectivity index (χ1n) is 6.86. The third kappa shape index (κ3) is 3.37. The maximum absolute atomic E-state index is 14.2. The van der Waals surface area contributed by atoms with E-state index in [9.17, 15) is 18.8 Å². The lowest BCUT2D eigenvalue weighted by Gasteiger charge is -2.20. The molecule has 0 unspecified atom stereocenters. The second kappa shape index (κ2) is 7.61. The Kier molecular flexibility index (Phi) is 5.53. The average Bonchev–Trinajstić information content (AvgIpc) is 2.64. The number of halogens is 3. The zero-order chi connectivity index (χ0) is 18.6. The number of benzene rings is 2. The molecule has 5 nitrogen and oxygen atoms in total. The second-order valence-electron chi connectivity index (χ2n) is 4.80. The summed E-state index contributed by atoms with van der Waals surface area (Å²) in [5.74, 6) is -3.43. The molecule has 2 aromatic rings. The molecule has 8 heteroatoms. The van der Waals surface area contributed by atoms with Gasteiger partial charge in [-0.3, -0.25) is 0 Å². The van der Waals surface area contributed by atoms with Gasteiger partial charge in [0.05, 0.1) is 12.8 Å². The van der Waals surface area contributed by atoms with Crippen LogP contribution >= 0.6 is 11.6 Å². The lowest BCUT2D eigenvalue weighted by atomic mass is 10.0. The quantitative estimate of drug-likeness (QED) is 0.663. The number of methoxy groups -OCH3 is 1. The van der Waals surface area contributed by atoms with Gasteiger partial charge in [-0.1, -0.05) is 41.9 Å². The van der Waals surface area contributed by atoms with E-state index in [1.54, 1.807) is 30.3 Å². The number of nitrogens with one attached hydrogen (secondary N) is 1. The van der Waals surface area contributed by atoms with E-state index < -0.39 is 45.5 Å². The van der Waals surface area contributed by atoms with Crippen molar-refractivity contribution in [2.45, 2.75) is 6.04 Å². The lowest BCUT2D eigenvalue weighted by molar-refractivity contribution is -0.141. The maximum atomic E-state index is 14.2. The van der Waals surface area contributed by atoms with Gasteiger partial charge in [0.15, 0.2) is 17.7 Å². The number of carbonyl (C=O) groups excluding carboxylic acids is 1. The number of carbonyl (C=O) groups is 1. The van der Waals surface area contributed by atoms with Gasteiger partial charge in [0.25, 0.3) is 0 Å². The van der Waals surface area contributed by atoms with Gasteiger partial charge in [-0.2, -0.15) is 10.5 Å². The van der Waals surface area contributed by atoms with Gasteiger partial charge in [0.1, 0.15) is 28.3 Å². The minimum Gasteiger partial charge on any atom is -0.467 e. The minimum absolute atomic E-state index is 0.430. The van der Waals surface area contributed by atoms with Crippen molar-refractivity contribution < 1.29 is 18.3 Å². The summed E-state index contributed by atoms with van der Waals surface area (Å²) in [6.45, 7) is 0. The van der Waals surface area contributed by atoms with Gasteiger partial charge in [-0.15, -0.1) is 0 Å². The van der Waals surface area contributed by atoms with E-state index in [1.807, 2.05) is 0 Å². The second-order valence-corrected chi connectivity index (χ2v) is 5.18. The van der Waals surface area contributed by atoms with Crippen molar-refractivity contribution in [3.05, 3.63) is 63.7 Å². The predicted molar refractivity (Wildman–Crippen MR) is 85.6 cm³/mol. The van der Waals surface area contributed by atoms with Crippen LogP contribution in [-0.2, 0) is 9.53 Å². The molecular formula is C17H10ClF2N3O2. The van der Waals surface area contributed by atoms with Crippen LogP contribution in [0.3, 0.4) is 0 Å². The number of hydrogen-bond donors (Lipinski definition) is 1. The number of esters is 1. The van der Waals surface area contributed by atoms with Crippen molar-refractivity contribution in [2.75, 3.05) is 12.4 Å². The molecule has 0 fully saturated rings. The smallest absolute Gasteiger partial charge is 0.332 e. The number of rotatable bonds is 4. The van der Waals surface area contributed by atoms with E-state index in [2.05, 4.69) is 5.32 Å². The third-order valence-corrected chi connectivity index (χ3v) is 3.76. The minimum atomic E-state index is -1.36. The Morgan fingerprint density at radius 3 is 2.28 bits per heavy atom. The summed E-state index contributed by atoms with van der Waals surface area (Å²) in [6, 6.07) is 9.88. The average molecular weight is 362 g/mol. The Balaban J connectivity index is 2.63. The summed E-state index contributed by atoms with van der Waals surface area (Å²) >= 11 is 5.85. The van der Waals surface area contributed by atoms with E-state index in [0.29, 0.717) is 5.56 Å². The molecule has 0 saturated heterocycles. The molecule has 0 aliphatic carbocycles. The number of nitriles is 2.